The molecular formula is C16H22F3N5O2. The van der Waals surface area contributed by atoms with E-state index in [1.807, 2.05) is 0 Å². The minimum Gasteiger partial charge on any atom is -0.343 e. The molecule has 2 aromatic heterocycles. The molecule has 1 amide bonds. The zero-order valence-corrected chi connectivity index (χ0v) is 15.5. The Bertz CT molecular complexity index is 807. The first-order valence-corrected chi connectivity index (χ1v) is 8.05. The second-order valence-corrected chi connectivity index (χ2v) is 6.83. The van der Waals surface area contributed by atoms with Crippen molar-refractivity contribution in [2.75, 3.05) is 0 Å². The third-order valence-electron chi connectivity index (χ3n) is 4.12. The van der Waals surface area contributed by atoms with Crippen molar-refractivity contribution in [1.29, 1.82) is 0 Å². The molecule has 2 aromatic rings. The first-order chi connectivity index (χ1) is 11.8. The van der Waals surface area contributed by atoms with Crippen LogP contribution in [0, 0.1) is 20.8 Å². The fourth-order valence-corrected chi connectivity index (χ4v) is 2.82. The number of carbonyl (C=O) groups excluding carboxylic acids is 1. The Hall–Kier alpha value is -2.39. The summed E-state index contributed by atoms with van der Waals surface area (Å²) >= 11 is 0. The zero-order valence-electron chi connectivity index (χ0n) is 15.5. The van der Waals surface area contributed by atoms with Crippen molar-refractivity contribution in [3.8, 4) is 0 Å². The molecule has 0 aliphatic heterocycles. The van der Waals surface area contributed by atoms with Gasteiger partial charge >= 0.3 is 6.18 Å². The molecule has 1 unspecified atom stereocenters. The average Bonchev–Trinajstić information content (AvgIpc) is 3.01. The highest BCUT2D eigenvalue weighted by molar-refractivity contribution is 5.84. The van der Waals surface area contributed by atoms with Gasteiger partial charge in [0, 0.05) is 18.2 Å². The van der Waals surface area contributed by atoms with Gasteiger partial charge in [0.2, 0.25) is 11.8 Å². The SMILES string of the molecule is Cc1nc(C(C)(C)NC(=O)C(C)c2c(C)nn(CC(F)(F)F)c2C)no1. The molecule has 0 aromatic carbocycles. The predicted molar refractivity (Wildman–Crippen MR) is 86.4 cm³/mol. The van der Waals surface area contributed by atoms with E-state index in [0.29, 0.717) is 28.7 Å². The Morgan fingerprint density at radius 1 is 1.27 bits per heavy atom. The largest absolute Gasteiger partial charge is 0.408 e. The smallest absolute Gasteiger partial charge is 0.343 e. The summed E-state index contributed by atoms with van der Waals surface area (Å²) in [5, 5.41) is 10.6. The van der Waals surface area contributed by atoms with Gasteiger partial charge in [-0.1, -0.05) is 5.16 Å². The van der Waals surface area contributed by atoms with Gasteiger partial charge in [-0.3, -0.25) is 9.48 Å². The van der Waals surface area contributed by atoms with Crippen LogP contribution in [0.25, 0.3) is 0 Å². The van der Waals surface area contributed by atoms with Crippen LogP contribution in [0.5, 0.6) is 0 Å². The summed E-state index contributed by atoms with van der Waals surface area (Å²) in [6.45, 7) is 8.62. The van der Waals surface area contributed by atoms with Crippen LogP contribution < -0.4 is 5.32 Å². The fraction of sp³-hybridized carbons (Fsp3) is 0.625. The molecule has 0 aliphatic carbocycles. The molecule has 0 spiro atoms. The molecule has 10 heteroatoms. The molecular weight excluding hydrogens is 351 g/mol. The monoisotopic (exact) mass is 373 g/mol. The summed E-state index contributed by atoms with van der Waals surface area (Å²) < 4.78 is 43.8. The summed E-state index contributed by atoms with van der Waals surface area (Å²) in [6, 6.07) is 0. The molecule has 0 fully saturated rings. The minimum atomic E-state index is -4.38. The molecule has 0 bridgehead atoms. The van der Waals surface area contributed by atoms with Crippen LogP contribution in [-0.4, -0.2) is 32.0 Å². The van der Waals surface area contributed by atoms with Crippen LogP contribution in [0.2, 0.25) is 0 Å². The second kappa shape index (κ2) is 6.73. The number of aromatic nitrogens is 4. The lowest BCUT2D eigenvalue weighted by atomic mass is 9.96. The molecule has 26 heavy (non-hydrogen) atoms. The normalized spacial score (nSPS) is 13.7. The van der Waals surface area contributed by atoms with Crippen LogP contribution in [0.4, 0.5) is 13.2 Å². The van der Waals surface area contributed by atoms with E-state index in [2.05, 4.69) is 20.6 Å². The van der Waals surface area contributed by atoms with Gasteiger partial charge in [0.1, 0.15) is 6.54 Å². The molecule has 0 aliphatic rings. The Labute approximate surface area is 149 Å². The van der Waals surface area contributed by atoms with E-state index in [4.69, 9.17) is 4.52 Å². The summed E-state index contributed by atoms with van der Waals surface area (Å²) in [6.07, 6.45) is -4.38. The van der Waals surface area contributed by atoms with E-state index in [9.17, 15) is 18.0 Å². The van der Waals surface area contributed by atoms with Crippen LogP contribution in [0.1, 0.15) is 55.4 Å². The topological polar surface area (TPSA) is 85.8 Å². The number of halogens is 3. The van der Waals surface area contributed by atoms with Gasteiger partial charge in [-0.05, 0) is 34.6 Å². The van der Waals surface area contributed by atoms with Crippen LogP contribution in [-0.2, 0) is 16.9 Å². The van der Waals surface area contributed by atoms with Crippen molar-refractivity contribution in [3.05, 3.63) is 28.7 Å². The highest BCUT2D eigenvalue weighted by Gasteiger charge is 2.34. The van der Waals surface area contributed by atoms with Crippen molar-refractivity contribution in [3.63, 3.8) is 0 Å². The van der Waals surface area contributed by atoms with E-state index in [1.54, 1.807) is 34.6 Å². The highest BCUT2D eigenvalue weighted by atomic mass is 19.4. The van der Waals surface area contributed by atoms with Gasteiger partial charge in [-0.2, -0.15) is 23.3 Å². The van der Waals surface area contributed by atoms with Gasteiger partial charge in [0.15, 0.2) is 5.82 Å². The number of aryl methyl sites for hydroxylation is 2. The van der Waals surface area contributed by atoms with Crippen LogP contribution in [0.15, 0.2) is 4.52 Å². The molecule has 0 saturated heterocycles. The van der Waals surface area contributed by atoms with Gasteiger partial charge in [0.25, 0.3) is 0 Å². The Kier molecular flexibility index (Phi) is 5.16. The third kappa shape index (κ3) is 4.23. The van der Waals surface area contributed by atoms with Gasteiger partial charge in [-0.25, -0.2) is 0 Å². The van der Waals surface area contributed by atoms with E-state index >= 15 is 0 Å². The van der Waals surface area contributed by atoms with E-state index < -0.39 is 24.2 Å². The van der Waals surface area contributed by atoms with Crippen molar-refractivity contribution in [1.82, 2.24) is 25.2 Å². The summed E-state index contributed by atoms with van der Waals surface area (Å²) in [7, 11) is 0. The minimum absolute atomic E-state index is 0.315. The molecule has 2 rings (SSSR count). The number of nitrogens with one attached hydrogen (secondary N) is 1. The Balaban J connectivity index is 2.23. The maximum Gasteiger partial charge on any atom is 0.408 e. The van der Waals surface area contributed by atoms with Gasteiger partial charge < -0.3 is 9.84 Å². The van der Waals surface area contributed by atoms with Gasteiger partial charge in [0.05, 0.1) is 17.2 Å². The van der Waals surface area contributed by atoms with Gasteiger partial charge in [-0.15, -0.1) is 0 Å². The van der Waals surface area contributed by atoms with Crippen molar-refractivity contribution < 1.29 is 22.5 Å². The number of nitrogens with zero attached hydrogens (tertiary/aromatic N) is 4. The lowest BCUT2D eigenvalue weighted by molar-refractivity contribution is -0.143. The summed E-state index contributed by atoms with van der Waals surface area (Å²) in [4.78, 5) is 16.8. The molecule has 0 radical (unpaired) electrons. The maximum atomic E-state index is 12.7. The summed E-state index contributed by atoms with van der Waals surface area (Å²) in [5.41, 5.74) is 0.289. The highest BCUT2D eigenvalue weighted by Crippen LogP contribution is 2.27. The number of amides is 1. The molecule has 2 heterocycles. The Morgan fingerprint density at radius 2 is 1.88 bits per heavy atom. The van der Waals surface area contributed by atoms with Crippen molar-refractivity contribution in [2.45, 2.75) is 65.7 Å². The molecule has 0 saturated carbocycles. The van der Waals surface area contributed by atoms with E-state index in [0.717, 1.165) is 4.68 Å². The number of rotatable bonds is 5. The standard InChI is InChI=1S/C16H22F3N5O2/c1-8(12-9(2)22-24(10(12)3)7-16(17,18)19)13(25)21-15(5,6)14-20-11(4)26-23-14/h8H,7H2,1-6H3,(H,21,25). The van der Waals surface area contributed by atoms with E-state index in [1.165, 1.54) is 6.92 Å². The molecule has 7 nitrogen and oxygen atoms in total. The first kappa shape index (κ1) is 19.9. The number of hydrogen-bond acceptors (Lipinski definition) is 5. The molecule has 1 atom stereocenters. The van der Waals surface area contributed by atoms with E-state index in [-0.39, 0.29) is 5.91 Å². The maximum absolute atomic E-state index is 12.7. The number of alkyl halides is 3. The second-order valence-electron chi connectivity index (χ2n) is 6.83. The lowest BCUT2D eigenvalue weighted by Gasteiger charge is -2.25. The predicted octanol–water partition coefficient (Wildman–Crippen LogP) is 2.91. The summed E-state index contributed by atoms with van der Waals surface area (Å²) in [5.74, 6) is -0.369. The molecule has 1 N–H and O–H groups in total. The Morgan fingerprint density at radius 3 is 2.38 bits per heavy atom. The molecule has 144 valence electrons. The van der Waals surface area contributed by atoms with Crippen LogP contribution >= 0.6 is 0 Å². The quantitative estimate of drug-likeness (QED) is 0.871. The van der Waals surface area contributed by atoms with Crippen LogP contribution in [0.3, 0.4) is 0 Å². The first-order valence-electron chi connectivity index (χ1n) is 8.05. The average molecular weight is 373 g/mol. The fourth-order valence-electron chi connectivity index (χ4n) is 2.82. The number of hydrogen-bond donors (Lipinski definition) is 1. The number of carbonyl (C=O) groups is 1. The third-order valence-corrected chi connectivity index (χ3v) is 4.12. The van der Waals surface area contributed by atoms with Crippen molar-refractivity contribution in [2.24, 2.45) is 0 Å². The van der Waals surface area contributed by atoms with Crippen molar-refractivity contribution >= 4 is 5.91 Å². The zero-order chi connectivity index (χ0) is 19.9. The lowest BCUT2D eigenvalue weighted by Crippen LogP contribution is -2.43.